The molecule has 12 aliphatic heterocycles. The van der Waals surface area contributed by atoms with E-state index in [1.807, 2.05) is 51.1 Å². The Balaban J connectivity index is 0.000000108. The van der Waals surface area contributed by atoms with E-state index >= 15 is 0 Å². The lowest BCUT2D eigenvalue weighted by atomic mass is 9.90. The van der Waals surface area contributed by atoms with Crippen LogP contribution in [-0.2, 0) is 125 Å². The fraction of sp³-hybridized carbons (Fsp3) is 0.510. The molecule has 1 saturated carbocycles. The molecule has 34 heteroatoms. The zero-order valence-corrected chi connectivity index (χ0v) is 77.4. The molecular formula is C100H121F2N23O9. The number of ether oxygens (including phenoxy) is 4. The molecule has 32 nitrogen and oxygen atoms in total. The van der Waals surface area contributed by atoms with Gasteiger partial charge >= 0.3 is 6.03 Å². The number of aliphatic hydroxyl groups excluding tert-OH is 1. The number of aromatic nitrogens is 14. The second-order valence-corrected chi connectivity index (χ2v) is 38.3. The summed E-state index contributed by atoms with van der Waals surface area (Å²) in [5.41, 5.74) is 30.2. The summed E-state index contributed by atoms with van der Waals surface area (Å²) in [7, 11) is 3.70. The highest BCUT2D eigenvalue weighted by molar-refractivity contribution is 5.82. The van der Waals surface area contributed by atoms with Crippen LogP contribution in [0.3, 0.4) is 0 Å². The minimum atomic E-state index is -2.64. The third-order valence-corrected chi connectivity index (χ3v) is 29.6. The highest BCUT2D eigenvalue weighted by atomic mass is 19.3. The molecule has 4 aromatic carbocycles. The van der Waals surface area contributed by atoms with Crippen LogP contribution in [-0.4, -0.2) is 229 Å². The number of rotatable bonds is 14. The number of anilines is 8. The van der Waals surface area contributed by atoms with Crippen molar-refractivity contribution in [3.63, 3.8) is 0 Å². The molecule has 13 aliphatic rings. The highest BCUT2D eigenvalue weighted by Crippen LogP contribution is 2.49. The number of halogens is 2. The van der Waals surface area contributed by atoms with Crippen molar-refractivity contribution in [2.45, 2.75) is 199 Å². The molecule has 704 valence electrons. The van der Waals surface area contributed by atoms with Gasteiger partial charge in [0.25, 0.3) is 6.43 Å². The van der Waals surface area contributed by atoms with Crippen molar-refractivity contribution in [3.8, 4) is 33.4 Å². The summed E-state index contributed by atoms with van der Waals surface area (Å²) in [5.74, 6) is 4.18. The number of primary amides is 1. The van der Waals surface area contributed by atoms with Crippen LogP contribution >= 0.6 is 0 Å². The Labute approximate surface area is 778 Å². The molecule has 0 bridgehead atoms. The Morgan fingerprint density at radius 1 is 0.425 bits per heavy atom. The first-order valence-electron chi connectivity index (χ1n) is 48.3. The van der Waals surface area contributed by atoms with Crippen LogP contribution in [0, 0.1) is 5.92 Å². The first-order chi connectivity index (χ1) is 65.3. The molecule has 0 spiro atoms. The molecule has 134 heavy (non-hydrogen) atoms. The number of urea groups is 1. The van der Waals surface area contributed by atoms with Gasteiger partial charge in [-0.25, -0.2) is 13.6 Å². The van der Waals surface area contributed by atoms with Gasteiger partial charge in [-0.05, 0) is 171 Å². The number of fused-ring (bicyclic) bond motifs is 8. The fourth-order valence-corrected chi connectivity index (χ4v) is 22.3. The molecule has 11 aromatic rings. The zero-order chi connectivity index (χ0) is 91.7. The Morgan fingerprint density at radius 3 is 1.31 bits per heavy atom. The lowest BCUT2D eigenvalue weighted by Gasteiger charge is -2.36. The Kier molecular flexibility index (Phi) is 24.8. The zero-order valence-electron chi connectivity index (χ0n) is 77.4. The molecule has 5 amide bonds. The molecule has 1 aliphatic carbocycles. The summed E-state index contributed by atoms with van der Waals surface area (Å²) >= 11 is 0. The molecule has 5 fully saturated rings. The van der Waals surface area contributed by atoms with Crippen LogP contribution in [0.5, 0.6) is 0 Å². The fourth-order valence-electron chi connectivity index (χ4n) is 22.3. The standard InChI is InChI=1S/C27H32N6O2.C26H31F2N7O2.C26H32N6O3.C21H26N4O2/c1-18(34)30-11-8-26-24(16-30)27(29-33(26)23-9-12-35-17-23)31-10-2-3-20-13-19(4-7-25(20)31)21-14-28-32(15-21)22-5-6-22;1-32-14-17(13-30-32)19-11-16-3-2-7-34(23(16)12-20(19)24(27)28)25-21-15-33(26(29)36)8-4-22(21)35(31-25)18-5-9-37-10-6-18;1-17(34)30-7-5-25-23(14-30)26(28-32(25)22-6-8-35-16-22)31-12-18(15-33)9-20-10-19(3-4-24(20)31)21-11-27-29(2)13-21;1-15(26)23-11-8-20-18(13-23)21(22-25(20)17-9-12-27-14-17)24-10-4-6-16-5-2-3-7-19(16)24/h4,7,13-15,22-23H,2-3,5-6,8-12,16-17H2,1H3;11-14,18,24H,2-10,15H2,1H3,(H2,29,36);3-4,10-11,13,18,22,33H,5-9,12,14-16H2,1-2H3;2-3,5,7,17H,4,6,8-14H2,1H3/t23-;;18?,22-;17-/m0.00/s1. The van der Waals surface area contributed by atoms with E-state index in [0.29, 0.717) is 102 Å². The molecule has 7 aromatic heterocycles. The lowest BCUT2D eigenvalue weighted by molar-refractivity contribution is -0.130. The Bertz CT molecular complexity index is 6210. The molecule has 4 saturated heterocycles. The van der Waals surface area contributed by atoms with Crippen LogP contribution in [0.15, 0.2) is 110 Å². The van der Waals surface area contributed by atoms with Gasteiger partial charge in [0.05, 0.1) is 94.8 Å². The van der Waals surface area contributed by atoms with E-state index in [9.17, 15) is 33.1 Å². The van der Waals surface area contributed by atoms with Crippen molar-refractivity contribution in [2.24, 2.45) is 25.7 Å². The number of alkyl halides is 2. The summed E-state index contributed by atoms with van der Waals surface area (Å²) in [6, 6.07) is 26.7. The maximum atomic E-state index is 14.3. The summed E-state index contributed by atoms with van der Waals surface area (Å²) in [5, 5.41) is 43.9. The summed E-state index contributed by atoms with van der Waals surface area (Å²) in [6.45, 7) is 19.2. The van der Waals surface area contributed by atoms with E-state index in [-0.39, 0.29) is 53.9 Å². The minimum absolute atomic E-state index is 0.0184. The van der Waals surface area contributed by atoms with Crippen molar-refractivity contribution in [3.05, 3.63) is 183 Å². The van der Waals surface area contributed by atoms with Gasteiger partial charge in [-0.1, -0.05) is 30.3 Å². The van der Waals surface area contributed by atoms with Crippen LogP contribution in [0.1, 0.15) is 194 Å². The Morgan fingerprint density at radius 2 is 0.843 bits per heavy atom. The number of amides is 5. The van der Waals surface area contributed by atoms with Crippen molar-refractivity contribution < 1.29 is 52.0 Å². The van der Waals surface area contributed by atoms with Gasteiger partial charge in [-0.3, -0.25) is 47.2 Å². The largest absolute Gasteiger partial charge is 0.396 e. The van der Waals surface area contributed by atoms with Gasteiger partial charge in [0.1, 0.15) is 0 Å². The van der Waals surface area contributed by atoms with Gasteiger partial charge < -0.3 is 69.0 Å². The van der Waals surface area contributed by atoms with Crippen molar-refractivity contribution >= 4 is 69.8 Å². The van der Waals surface area contributed by atoms with Gasteiger partial charge in [0.15, 0.2) is 23.3 Å². The van der Waals surface area contributed by atoms with E-state index in [4.69, 9.17) is 45.1 Å². The third kappa shape index (κ3) is 17.4. The van der Waals surface area contributed by atoms with E-state index in [0.717, 1.165) is 224 Å². The van der Waals surface area contributed by atoms with Gasteiger partial charge in [-0.15, -0.1) is 0 Å². The molecule has 4 atom stereocenters. The number of aliphatic hydroxyl groups is 1. The van der Waals surface area contributed by atoms with Crippen LogP contribution in [0.25, 0.3) is 33.4 Å². The molecule has 0 radical (unpaired) electrons. The predicted molar refractivity (Wildman–Crippen MR) is 501 cm³/mol. The third-order valence-electron chi connectivity index (χ3n) is 29.6. The summed E-state index contributed by atoms with van der Waals surface area (Å²) in [6.07, 6.45) is 26.1. The van der Waals surface area contributed by atoms with Crippen molar-refractivity contribution in [1.82, 2.24) is 88.1 Å². The SMILES string of the molecule is CC(=O)N1CCc2c(c(N3CC(CO)Cc4cc(-c5cnn(C)c5)ccc43)nn2[C@H]2CCOC2)C1.CC(=O)N1CCc2c(c(N3CCCc4cc(-c5cnn(C6CC6)c5)ccc43)nn2[C@H]2CCOC2)C1.CC(=O)N1CCc2c(c(N3CCCc4ccccc43)nn2[C@H]2CCOC2)C1.Cn1cc(-c2cc3c(cc2C(F)F)N(c2nn(C4CCOCC4)c4c2CN(C(N)=O)CC4)CCC3)cn1. The molecule has 3 N–H and O–H groups in total. The topological polar surface area (TPSA) is 302 Å². The number of hydrogen-bond donors (Lipinski definition) is 2. The van der Waals surface area contributed by atoms with E-state index in [1.54, 1.807) is 55.9 Å². The average molecular weight is 1830 g/mol. The maximum Gasteiger partial charge on any atom is 0.315 e. The van der Waals surface area contributed by atoms with Crippen molar-refractivity contribution in [1.29, 1.82) is 0 Å². The first kappa shape index (κ1) is 88.5. The molecule has 1 unspecified atom stereocenters. The smallest absolute Gasteiger partial charge is 0.315 e. The average Bonchev–Trinajstić information content (AvgIpc) is 1.61. The number of carbonyl (C=O) groups is 4. The molecule has 19 heterocycles. The minimum Gasteiger partial charge on any atom is -0.396 e. The number of para-hydroxylation sites is 1. The molecular weight excluding hydrogens is 1710 g/mol. The quantitative estimate of drug-likeness (QED) is 0.102. The van der Waals surface area contributed by atoms with E-state index in [2.05, 4.69) is 125 Å². The second-order valence-electron chi connectivity index (χ2n) is 38.3. The normalized spacial score (nSPS) is 20.8. The first-order valence-corrected chi connectivity index (χ1v) is 48.3. The lowest BCUT2D eigenvalue weighted by Crippen LogP contribution is -2.40. The van der Waals surface area contributed by atoms with E-state index < -0.39 is 12.5 Å². The number of benzene rings is 4. The number of nitrogens with zero attached hydrogens (tertiary/aromatic N) is 22. The molecule has 24 rings (SSSR count). The number of aryl methyl sites for hydroxylation is 5. The maximum absolute atomic E-state index is 14.3. The van der Waals surface area contributed by atoms with Crippen molar-refractivity contribution in [2.75, 3.05) is 131 Å². The summed E-state index contributed by atoms with van der Waals surface area (Å²) in [4.78, 5) is 65.1. The highest BCUT2D eigenvalue weighted by Gasteiger charge is 2.42. The summed E-state index contributed by atoms with van der Waals surface area (Å²) < 4.78 is 65.5. The number of hydrogen-bond acceptors (Lipinski definition) is 20. The van der Waals surface area contributed by atoms with E-state index in [1.165, 1.54) is 80.2 Å². The number of carbonyl (C=O) groups excluding carboxylic acids is 4. The predicted octanol–water partition coefficient (Wildman–Crippen LogP) is 13.4. The monoisotopic (exact) mass is 1830 g/mol. The van der Waals surface area contributed by atoms with Gasteiger partial charge in [0.2, 0.25) is 17.7 Å². The second kappa shape index (κ2) is 37.6. The number of nitrogens with two attached hydrogens (primary N) is 1. The van der Waals surface area contributed by atoms with Crippen LogP contribution in [0.4, 0.5) is 59.6 Å². The van der Waals surface area contributed by atoms with Gasteiger partial charge in [-0.2, -0.15) is 35.7 Å². The Hall–Kier alpha value is -12.1. The van der Waals surface area contributed by atoms with Gasteiger partial charge in [0, 0.05) is 267 Å². The van der Waals surface area contributed by atoms with Crippen LogP contribution < -0.4 is 25.3 Å². The van der Waals surface area contributed by atoms with Crippen LogP contribution in [0.2, 0.25) is 0 Å².